The molecule has 0 nitrogen and oxygen atoms in total. The van der Waals surface area contributed by atoms with Gasteiger partial charge in [0.05, 0.1) is 0 Å². The molecule has 0 aromatic heterocycles. The predicted molar refractivity (Wildman–Crippen MR) is 70.7 cm³/mol. The maximum atomic E-state index is 2.35. The van der Waals surface area contributed by atoms with E-state index in [4.69, 9.17) is 0 Å². The molecule has 1 aromatic carbocycles. The molecule has 0 spiro atoms. The number of rotatable bonds is 4. The van der Waals surface area contributed by atoms with E-state index in [2.05, 4.69) is 31.2 Å². The lowest BCUT2D eigenvalue weighted by molar-refractivity contribution is 0.356. The Morgan fingerprint density at radius 2 is 1.56 bits per heavy atom. The highest BCUT2D eigenvalue weighted by molar-refractivity contribution is 5.23. The number of benzene rings is 1. The van der Waals surface area contributed by atoms with Gasteiger partial charge in [-0.2, -0.15) is 0 Å². The molecule has 0 saturated heterocycles. The van der Waals surface area contributed by atoms with Crippen LogP contribution in [0, 0.1) is 5.92 Å². The van der Waals surface area contributed by atoms with E-state index in [9.17, 15) is 0 Å². The molecule has 88 valence electrons. The van der Waals surface area contributed by atoms with Gasteiger partial charge in [-0.25, -0.2) is 0 Å². The second-order valence-electron chi connectivity index (χ2n) is 5.27. The number of hydrogen-bond donors (Lipinski definition) is 0. The van der Waals surface area contributed by atoms with Crippen molar-refractivity contribution >= 4 is 0 Å². The first-order chi connectivity index (χ1) is 7.88. The van der Waals surface area contributed by atoms with Gasteiger partial charge in [0.1, 0.15) is 0 Å². The minimum absolute atomic E-state index is 0.964. The lowest BCUT2D eigenvalue weighted by atomic mass is 9.85. The zero-order valence-corrected chi connectivity index (χ0v) is 10.5. The molecular formula is C16H24. The van der Waals surface area contributed by atoms with Gasteiger partial charge in [-0.15, -0.1) is 0 Å². The molecule has 0 amide bonds. The van der Waals surface area contributed by atoms with E-state index in [0.717, 1.165) is 5.92 Å². The zero-order valence-electron chi connectivity index (χ0n) is 10.5. The van der Waals surface area contributed by atoms with Gasteiger partial charge >= 0.3 is 0 Å². The monoisotopic (exact) mass is 216 g/mol. The molecule has 0 N–H and O–H groups in total. The Labute approximate surface area is 100 Å². The van der Waals surface area contributed by atoms with Crippen LogP contribution in [0.15, 0.2) is 24.3 Å². The summed E-state index contributed by atoms with van der Waals surface area (Å²) in [6, 6.07) is 9.34. The van der Waals surface area contributed by atoms with Crippen molar-refractivity contribution < 1.29 is 0 Å². The Kier molecular flexibility index (Phi) is 4.44. The molecule has 0 heterocycles. The van der Waals surface area contributed by atoms with Crippen molar-refractivity contribution in [2.75, 3.05) is 0 Å². The van der Waals surface area contributed by atoms with Crippen LogP contribution in [0.25, 0.3) is 0 Å². The van der Waals surface area contributed by atoms with Crippen molar-refractivity contribution in [3.8, 4) is 0 Å². The van der Waals surface area contributed by atoms with Gasteiger partial charge in [-0.05, 0) is 29.9 Å². The van der Waals surface area contributed by atoms with Gasteiger partial charge in [0.2, 0.25) is 0 Å². The molecule has 1 aromatic rings. The third-order valence-electron chi connectivity index (χ3n) is 3.81. The van der Waals surface area contributed by atoms with Gasteiger partial charge in [-0.1, -0.05) is 69.7 Å². The Morgan fingerprint density at radius 1 is 0.938 bits per heavy atom. The van der Waals surface area contributed by atoms with Crippen LogP contribution in [-0.4, -0.2) is 0 Å². The molecule has 1 saturated carbocycles. The van der Waals surface area contributed by atoms with Crippen molar-refractivity contribution in [1.29, 1.82) is 0 Å². The molecule has 0 atom stereocenters. The van der Waals surface area contributed by atoms with Crippen LogP contribution in [0.2, 0.25) is 0 Å². The summed E-state index contributed by atoms with van der Waals surface area (Å²) in [6.07, 6.45) is 11.1. The van der Waals surface area contributed by atoms with E-state index in [-0.39, 0.29) is 0 Å². The Hall–Kier alpha value is -0.780. The summed E-state index contributed by atoms with van der Waals surface area (Å²) in [7, 11) is 0. The molecule has 0 heteroatoms. The fourth-order valence-corrected chi connectivity index (χ4v) is 2.86. The fraction of sp³-hybridized carbons (Fsp3) is 0.625. The van der Waals surface area contributed by atoms with Gasteiger partial charge in [0.25, 0.3) is 0 Å². The van der Waals surface area contributed by atoms with Crippen LogP contribution in [0.4, 0.5) is 0 Å². The summed E-state index contributed by atoms with van der Waals surface area (Å²) in [5.74, 6) is 0.964. The maximum absolute atomic E-state index is 2.35. The molecule has 1 fully saturated rings. The summed E-state index contributed by atoms with van der Waals surface area (Å²) >= 11 is 0. The SMILES string of the molecule is CCCc1ccc(CC2CCCCC2)cc1. The van der Waals surface area contributed by atoms with Crippen LogP contribution >= 0.6 is 0 Å². The number of hydrogen-bond acceptors (Lipinski definition) is 0. The normalized spacial score (nSPS) is 17.6. The summed E-state index contributed by atoms with van der Waals surface area (Å²) in [6.45, 7) is 2.25. The van der Waals surface area contributed by atoms with E-state index in [1.54, 1.807) is 5.56 Å². The lowest BCUT2D eigenvalue weighted by Crippen LogP contribution is -2.09. The highest BCUT2D eigenvalue weighted by atomic mass is 14.2. The van der Waals surface area contributed by atoms with Crippen molar-refractivity contribution in [3.63, 3.8) is 0 Å². The third kappa shape index (κ3) is 3.37. The van der Waals surface area contributed by atoms with Crippen LogP contribution in [-0.2, 0) is 12.8 Å². The Balaban J connectivity index is 1.88. The molecule has 1 aliphatic carbocycles. The van der Waals surface area contributed by atoms with Crippen LogP contribution < -0.4 is 0 Å². The summed E-state index contributed by atoms with van der Waals surface area (Å²) in [4.78, 5) is 0. The van der Waals surface area contributed by atoms with E-state index in [1.807, 2.05) is 0 Å². The van der Waals surface area contributed by atoms with Crippen molar-refractivity contribution in [2.45, 2.75) is 58.3 Å². The highest BCUT2D eigenvalue weighted by Gasteiger charge is 2.13. The number of aryl methyl sites for hydroxylation is 1. The third-order valence-corrected chi connectivity index (χ3v) is 3.81. The summed E-state index contributed by atoms with van der Waals surface area (Å²) in [5, 5.41) is 0. The molecular weight excluding hydrogens is 192 g/mol. The van der Waals surface area contributed by atoms with Crippen LogP contribution in [0.5, 0.6) is 0 Å². The van der Waals surface area contributed by atoms with E-state index in [1.165, 1.54) is 56.9 Å². The molecule has 0 radical (unpaired) electrons. The van der Waals surface area contributed by atoms with Crippen molar-refractivity contribution in [1.82, 2.24) is 0 Å². The Bertz CT molecular complexity index is 290. The predicted octanol–water partition coefficient (Wildman–Crippen LogP) is 4.76. The molecule has 2 rings (SSSR count). The van der Waals surface area contributed by atoms with Gasteiger partial charge < -0.3 is 0 Å². The average Bonchev–Trinajstić information content (AvgIpc) is 2.33. The quantitative estimate of drug-likeness (QED) is 0.680. The topological polar surface area (TPSA) is 0 Å². The molecule has 0 aliphatic heterocycles. The largest absolute Gasteiger partial charge is 0.0651 e. The second kappa shape index (κ2) is 6.08. The van der Waals surface area contributed by atoms with Crippen LogP contribution in [0.3, 0.4) is 0 Å². The smallest absolute Gasteiger partial charge is 0.0250 e. The maximum Gasteiger partial charge on any atom is -0.0250 e. The summed E-state index contributed by atoms with van der Waals surface area (Å²) < 4.78 is 0. The van der Waals surface area contributed by atoms with Gasteiger partial charge in [0.15, 0.2) is 0 Å². The zero-order chi connectivity index (χ0) is 11.2. The van der Waals surface area contributed by atoms with Crippen LogP contribution in [0.1, 0.15) is 56.6 Å². The van der Waals surface area contributed by atoms with Gasteiger partial charge in [0, 0.05) is 0 Å². The van der Waals surface area contributed by atoms with E-state index < -0.39 is 0 Å². The molecule has 0 bridgehead atoms. The fourth-order valence-electron chi connectivity index (χ4n) is 2.86. The molecule has 16 heavy (non-hydrogen) atoms. The minimum Gasteiger partial charge on any atom is -0.0651 e. The van der Waals surface area contributed by atoms with E-state index in [0.29, 0.717) is 0 Å². The van der Waals surface area contributed by atoms with Gasteiger partial charge in [-0.3, -0.25) is 0 Å². The average molecular weight is 216 g/mol. The minimum atomic E-state index is 0.964. The Morgan fingerprint density at radius 3 is 2.19 bits per heavy atom. The second-order valence-corrected chi connectivity index (χ2v) is 5.27. The summed E-state index contributed by atoms with van der Waals surface area (Å²) in [5.41, 5.74) is 3.04. The first-order valence-electron chi connectivity index (χ1n) is 6.96. The lowest BCUT2D eigenvalue weighted by Gasteiger charge is -2.21. The molecule has 1 aliphatic rings. The first kappa shape index (κ1) is 11.7. The molecule has 0 unspecified atom stereocenters. The highest BCUT2D eigenvalue weighted by Crippen LogP contribution is 2.26. The van der Waals surface area contributed by atoms with Crippen molar-refractivity contribution in [2.24, 2.45) is 5.92 Å². The first-order valence-corrected chi connectivity index (χ1v) is 6.96. The van der Waals surface area contributed by atoms with Crippen molar-refractivity contribution in [3.05, 3.63) is 35.4 Å². The van der Waals surface area contributed by atoms with E-state index >= 15 is 0 Å². The standard InChI is InChI=1S/C16H24/c1-2-6-14-9-11-16(12-10-14)13-15-7-4-3-5-8-15/h9-12,15H,2-8,13H2,1H3.